The summed E-state index contributed by atoms with van der Waals surface area (Å²) in [5, 5.41) is 0. The normalized spacial score (nSPS) is 15.4. The summed E-state index contributed by atoms with van der Waals surface area (Å²) in [4.78, 5) is 2.53. The third-order valence-electron chi connectivity index (χ3n) is 3.35. The second-order valence-corrected chi connectivity index (χ2v) is 5.72. The van der Waals surface area contributed by atoms with Crippen LogP contribution in [0.4, 0.5) is 0 Å². The molecule has 0 aromatic carbocycles. The quantitative estimate of drug-likeness (QED) is 0.528. The van der Waals surface area contributed by atoms with Gasteiger partial charge in [-0.2, -0.15) is 0 Å². The molecule has 16 heavy (non-hydrogen) atoms. The van der Waals surface area contributed by atoms with E-state index in [0.717, 1.165) is 11.8 Å². The van der Waals surface area contributed by atoms with Gasteiger partial charge in [0.05, 0.1) is 0 Å². The molecule has 2 atom stereocenters. The first kappa shape index (κ1) is 16.0. The minimum Gasteiger partial charge on any atom is -0.306 e. The zero-order valence-corrected chi connectivity index (χ0v) is 12.3. The van der Waals surface area contributed by atoms with Crippen molar-refractivity contribution in [2.45, 2.75) is 66.2 Å². The summed E-state index contributed by atoms with van der Waals surface area (Å²) in [5.74, 6) is 1.73. The van der Waals surface area contributed by atoms with Gasteiger partial charge in [-0.15, -0.1) is 0 Å². The van der Waals surface area contributed by atoms with Crippen LogP contribution in [0.25, 0.3) is 0 Å². The Labute approximate surface area is 104 Å². The molecule has 0 radical (unpaired) electrons. The number of rotatable bonds is 10. The van der Waals surface area contributed by atoms with Crippen LogP contribution in [0.5, 0.6) is 0 Å². The van der Waals surface area contributed by atoms with E-state index < -0.39 is 0 Å². The summed E-state index contributed by atoms with van der Waals surface area (Å²) in [6.07, 6.45) is 8.23. The Kier molecular flexibility index (Phi) is 10.1. The van der Waals surface area contributed by atoms with Crippen LogP contribution >= 0.6 is 0 Å². The van der Waals surface area contributed by atoms with Crippen molar-refractivity contribution in [2.75, 3.05) is 20.1 Å². The fourth-order valence-electron chi connectivity index (χ4n) is 2.43. The number of hydrogen-bond donors (Lipinski definition) is 0. The molecule has 0 amide bonds. The maximum atomic E-state index is 2.53. The van der Waals surface area contributed by atoms with E-state index in [1.165, 1.54) is 51.6 Å². The Morgan fingerprint density at radius 3 is 1.50 bits per heavy atom. The van der Waals surface area contributed by atoms with Crippen molar-refractivity contribution in [1.29, 1.82) is 0 Å². The molecule has 1 heteroatoms. The van der Waals surface area contributed by atoms with Crippen LogP contribution < -0.4 is 0 Å². The highest BCUT2D eigenvalue weighted by Crippen LogP contribution is 2.12. The van der Waals surface area contributed by atoms with Crippen LogP contribution in [-0.2, 0) is 0 Å². The Bertz CT molecular complexity index is 128. The fraction of sp³-hybridized carbons (Fsp3) is 1.00. The van der Waals surface area contributed by atoms with E-state index in [0.29, 0.717) is 0 Å². The molecule has 0 aromatic heterocycles. The van der Waals surface area contributed by atoms with Gasteiger partial charge in [0.1, 0.15) is 0 Å². The van der Waals surface area contributed by atoms with Crippen molar-refractivity contribution in [3.05, 3.63) is 0 Å². The van der Waals surface area contributed by atoms with E-state index in [2.05, 4.69) is 39.6 Å². The van der Waals surface area contributed by atoms with Crippen LogP contribution in [0.3, 0.4) is 0 Å². The van der Waals surface area contributed by atoms with Crippen molar-refractivity contribution in [3.63, 3.8) is 0 Å². The molecule has 1 nitrogen and oxygen atoms in total. The maximum Gasteiger partial charge on any atom is 0.000408 e. The molecule has 98 valence electrons. The summed E-state index contributed by atoms with van der Waals surface area (Å²) in [6, 6.07) is 0. The second kappa shape index (κ2) is 10.1. The first-order chi connectivity index (χ1) is 7.60. The molecule has 0 aliphatic heterocycles. The predicted molar refractivity (Wildman–Crippen MR) is 74.9 cm³/mol. The third-order valence-corrected chi connectivity index (χ3v) is 3.35. The average Bonchev–Trinajstić information content (AvgIpc) is 2.23. The van der Waals surface area contributed by atoms with Gasteiger partial charge in [0.2, 0.25) is 0 Å². The topological polar surface area (TPSA) is 3.24 Å². The monoisotopic (exact) mass is 227 g/mol. The molecule has 0 rings (SSSR count). The van der Waals surface area contributed by atoms with Gasteiger partial charge in [-0.1, -0.05) is 53.4 Å². The average molecular weight is 227 g/mol. The lowest BCUT2D eigenvalue weighted by Crippen LogP contribution is -2.29. The van der Waals surface area contributed by atoms with Gasteiger partial charge in [-0.05, 0) is 31.7 Å². The van der Waals surface area contributed by atoms with Crippen LogP contribution in [0.15, 0.2) is 0 Å². The van der Waals surface area contributed by atoms with Crippen molar-refractivity contribution < 1.29 is 0 Å². The van der Waals surface area contributed by atoms with Crippen molar-refractivity contribution >= 4 is 0 Å². The molecule has 2 unspecified atom stereocenters. The Balaban J connectivity index is 3.58. The molecule has 0 heterocycles. The zero-order valence-electron chi connectivity index (χ0n) is 12.3. The molecular weight excluding hydrogens is 194 g/mol. The van der Waals surface area contributed by atoms with Gasteiger partial charge < -0.3 is 4.90 Å². The molecule has 0 spiro atoms. The van der Waals surface area contributed by atoms with E-state index in [-0.39, 0.29) is 0 Å². The highest BCUT2D eigenvalue weighted by Gasteiger charge is 2.09. The Morgan fingerprint density at radius 1 is 0.812 bits per heavy atom. The lowest BCUT2D eigenvalue weighted by Gasteiger charge is -2.24. The molecule has 0 saturated heterocycles. The highest BCUT2D eigenvalue weighted by molar-refractivity contribution is 4.63. The summed E-state index contributed by atoms with van der Waals surface area (Å²) in [7, 11) is 2.28. The fourth-order valence-corrected chi connectivity index (χ4v) is 2.43. The molecule has 0 bridgehead atoms. The standard InChI is InChI=1S/C15H33N/c1-6-8-10-14(3)12-16(5)13-15(4)11-9-7-2/h14-15H,6-13H2,1-5H3. The van der Waals surface area contributed by atoms with E-state index >= 15 is 0 Å². The van der Waals surface area contributed by atoms with E-state index in [9.17, 15) is 0 Å². The van der Waals surface area contributed by atoms with Gasteiger partial charge in [-0.25, -0.2) is 0 Å². The van der Waals surface area contributed by atoms with Crippen molar-refractivity contribution in [2.24, 2.45) is 11.8 Å². The van der Waals surface area contributed by atoms with Crippen LogP contribution in [0.2, 0.25) is 0 Å². The molecule has 0 aliphatic carbocycles. The first-order valence-corrected chi connectivity index (χ1v) is 7.28. The smallest absolute Gasteiger partial charge is 0.000408 e. The van der Waals surface area contributed by atoms with Gasteiger partial charge >= 0.3 is 0 Å². The van der Waals surface area contributed by atoms with E-state index in [1.807, 2.05) is 0 Å². The summed E-state index contributed by atoms with van der Waals surface area (Å²) < 4.78 is 0. The molecule has 0 saturated carbocycles. The minimum absolute atomic E-state index is 0.864. The van der Waals surface area contributed by atoms with Crippen molar-refractivity contribution in [3.8, 4) is 0 Å². The van der Waals surface area contributed by atoms with E-state index in [1.54, 1.807) is 0 Å². The Hall–Kier alpha value is -0.0400. The zero-order chi connectivity index (χ0) is 12.4. The SMILES string of the molecule is CCCCC(C)CN(C)CC(C)CCCC. The predicted octanol–water partition coefficient (Wildman–Crippen LogP) is 4.57. The molecule has 0 fully saturated rings. The summed E-state index contributed by atoms with van der Waals surface area (Å²) in [6.45, 7) is 11.9. The second-order valence-electron chi connectivity index (χ2n) is 5.72. The Morgan fingerprint density at radius 2 is 1.19 bits per heavy atom. The highest BCUT2D eigenvalue weighted by atomic mass is 15.1. The lowest BCUT2D eigenvalue weighted by atomic mass is 10.0. The molecule has 0 aromatic rings. The molecule has 0 aliphatic rings. The first-order valence-electron chi connectivity index (χ1n) is 7.28. The lowest BCUT2D eigenvalue weighted by molar-refractivity contribution is 0.237. The van der Waals surface area contributed by atoms with E-state index in [4.69, 9.17) is 0 Å². The number of nitrogens with zero attached hydrogens (tertiary/aromatic N) is 1. The van der Waals surface area contributed by atoms with Gasteiger partial charge in [0.25, 0.3) is 0 Å². The van der Waals surface area contributed by atoms with Crippen molar-refractivity contribution in [1.82, 2.24) is 4.90 Å². The molecule has 0 N–H and O–H groups in total. The van der Waals surface area contributed by atoms with Gasteiger partial charge in [0.15, 0.2) is 0 Å². The van der Waals surface area contributed by atoms with Gasteiger partial charge in [-0.3, -0.25) is 0 Å². The number of hydrogen-bond acceptors (Lipinski definition) is 1. The van der Waals surface area contributed by atoms with Crippen LogP contribution in [0.1, 0.15) is 66.2 Å². The van der Waals surface area contributed by atoms with Crippen LogP contribution in [-0.4, -0.2) is 25.0 Å². The van der Waals surface area contributed by atoms with Crippen LogP contribution in [0, 0.1) is 11.8 Å². The van der Waals surface area contributed by atoms with Gasteiger partial charge in [0, 0.05) is 13.1 Å². The minimum atomic E-state index is 0.864. The maximum absolute atomic E-state index is 2.53. The summed E-state index contributed by atoms with van der Waals surface area (Å²) >= 11 is 0. The summed E-state index contributed by atoms with van der Waals surface area (Å²) in [5.41, 5.74) is 0. The molecular formula is C15H33N. The third kappa shape index (κ3) is 9.21. The number of unbranched alkanes of at least 4 members (excludes halogenated alkanes) is 2. The largest absolute Gasteiger partial charge is 0.306 e.